The Hall–Kier alpha value is -3.52. The fraction of sp³-hybridized carbons (Fsp3) is 0.320. The molecular weight excluding hydrogens is 456 g/mol. The fourth-order valence-electron chi connectivity index (χ4n) is 4.71. The molecule has 0 fully saturated rings. The van der Waals surface area contributed by atoms with Gasteiger partial charge in [0, 0.05) is 57.7 Å². The second-order valence-electron chi connectivity index (χ2n) is 9.51. The number of aryl methyl sites for hydroxylation is 1. The number of ketones is 1. The summed E-state index contributed by atoms with van der Waals surface area (Å²) < 4.78 is 0. The zero-order chi connectivity index (χ0) is 24.8. The van der Waals surface area contributed by atoms with Crippen molar-refractivity contribution >= 4 is 34.8 Å². The molecule has 1 aromatic heterocycles. The van der Waals surface area contributed by atoms with Crippen LogP contribution < -0.4 is 10.6 Å². The van der Waals surface area contributed by atoms with Crippen LogP contribution in [0.25, 0.3) is 0 Å². The van der Waals surface area contributed by atoms with Gasteiger partial charge in [0.05, 0.1) is 4.92 Å². The van der Waals surface area contributed by atoms with E-state index in [9.17, 15) is 19.7 Å². The highest BCUT2D eigenvalue weighted by Crippen LogP contribution is 2.48. The number of carbonyl (C=O) groups excluding carboxylic acids is 2. The van der Waals surface area contributed by atoms with Gasteiger partial charge in [-0.3, -0.25) is 19.7 Å². The number of anilines is 1. The molecule has 2 aromatic rings. The average molecular weight is 481 g/mol. The second-order valence-corrected chi connectivity index (χ2v) is 9.92. The van der Waals surface area contributed by atoms with Crippen molar-refractivity contribution in [3.05, 3.63) is 85.3 Å². The van der Waals surface area contributed by atoms with Gasteiger partial charge in [-0.1, -0.05) is 31.5 Å². The van der Waals surface area contributed by atoms with Gasteiger partial charge in [0.2, 0.25) is 0 Å². The number of nitro groups is 1. The number of nitro benzene ring substituents is 1. The molecule has 0 unspecified atom stereocenters. The maximum Gasteiger partial charge on any atom is 0.269 e. The van der Waals surface area contributed by atoms with Crippen LogP contribution in [0.1, 0.15) is 50.8 Å². The molecule has 0 spiro atoms. The molecule has 4 rings (SSSR count). The number of halogens is 1. The van der Waals surface area contributed by atoms with Crippen molar-refractivity contribution in [2.75, 3.05) is 5.32 Å². The molecule has 8 nitrogen and oxygen atoms in total. The van der Waals surface area contributed by atoms with Gasteiger partial charge >= 0.3 is 0 Å². The van der Waals surface area contributed by atoms with E-state index in [-0.39, 0.29) is 27.5 Å². The predicted molar refractivity (Wildman–Crippen MR) is 129 cm³/mol. The van der Waals surface area contributed by atoms with Gasteiger partial charge in [-0.05, 0) is 49.4 Å². The summed E-state index contributed by atoms with van der Waals surface area (Å²) in [5, 5.41) is 17.8. The molecule has 0 saturated carbocycles. The third-order valence-electron chi connectivity index (χ3n) is 6.12. The van der Waals surface area contributed by atoms with Crippen molar-refractivity contribution in [2.45, 2.75) is 46.5 Å². The number of hydrogen-bond donors (Lipinski definition) is 2. The number of rotatable bonds is 4. The number of pyridine rings is 1. The topological polar surface area (TPSA) is 114 Å². The lowest BCUT2D eigenvalue weighted by atomic mass is 9.68. The van der Waals surface area contributed by atoms with E-state index in [1.165, 1.54) is 18.2 Å². The van der Waals surface area contributed by atoms with Crippen LogP contribution in [0, 0.1) is 22.5 Å². The lowest BCUT2D eigenvalue weighted by molar-refractivity contribution is -0.384. The number of Topliss-reactive ketones (excluding diaryl/α,β-unsaturated/α-hetero) is 1. The van der Waals surface area contributed by atoms with Crippen LogP contribution in [0.2, 0.25) is 5.02 Å². The van der Waals surface area contributed by atoms with Gasteiger partial charge in [0.15, 0.2) is 5.78 Å². The minimum absolute atomic E-state index is 0.113. The number of allylic oxidation sites excluding steroid dienone is 3. The van der Waals surface area contributed by atoms with E-state index in [2.05, 4.69) is 15.6 Å². The van der Waals surface area contributed by atoms with E-state index < -0.39 is 16.7 Å². The van der Waals surface area contributed by atoms with E-state index >= 15 is 0 Å². The summed E-state index contributed by atoms with van der Waals surface area (Å²) in [4.78, 5) is 42.3. The first-order valence-electron chi connectivity index (χ1n) is 10.9. The number of dihydropyridines is 1. The third-order valence-corrected chi connectivity index (χ3v) is 6.46. The van der Waals surface area contributed by atoms with E-state index in [4.69, 9.17) is 11.6 Å². The molecule has 0 radical (unpaired) electrons. The number of hydrogen-bond acceptors (Lipinski definition) is 6. The van der Waals surface area contributed by atoms with Crippen LogP contribution in [0.5, 0.6) is 0 Å². The Kier molecular flexibility index (Phi) is 6.03. The highest BCUT2D eigenvalue weighted by Gasteiger charge is 2.43. The Bertz CT molecular complexity index is 1300. The average Bonchev–Trinajstić information content (AvgIpc) is 2.71. The molecule has 1 aromatic carbocycles. The summed E-state index contributed by atoms with van der Waals surface area (Å²) in [5.41, 5.74) is 2.64. The number of nitrogens with zero attached hydrogens (tertiary/aromatic N) is 2. The van der Waals surface area contributed by atoms with Crippen LogP contribution in [-0.4, -0.2) is 21.6 Å². The minimum Gasteiger partial charge on any atom is -0.362 e. The predicted octanol–water partition coefficient (Wildman–Crippen LogP) is 5.19. The smallest absolute Gasteiger partial charge is 0.269 e. The molecule has 1 atom stereocenters. The molecule has 1 aliphatic heterocycles. The number of nitrogens with one attached hydrogen (secondary N) is 2. The number of carbonyl (C=O) groups is 2. The first-order valence-corrected chi connectivity index (χ1v) is 11.3. The maximum absolute atomic E-state index is 13.6. The van der Waals surface area contributed by atoms with Gasteiger partial charge < -0.3 is 10.6 Å². The van der Waals surface area contributed by atoms with E-state index in [1.807, 2.05) is 26.8 Å². The lowest BCUT2D eigenvalue weighted by Crippen LogP contribution is -2.39. The zero-order valence-corrected chi connectivity index (χ0v) is 20.1. The molecule has 2 N–H and O–H groups in total. The summed E-state index contributed by atoms with van der Waals surface area (Å²) in [6.45, 7) is 7.59. The molecule has 2 heterocycles. The third kappa shape index (κ3) is 4.46. The molecule has 1 aliphatic carbocycles. The molecule has 2 aliphatic rings. The quantitative estimate of drug-likeness (QED) is 0.459. The van der Waals surface area contributed by atoms with E-state index in [0.717, 1.165) is 11.4 Å². The number of non-ortho nitro benzene ring substituents is 1. The maximum atomic E-state index is 13.6. The summed E-state index contributed by atoms with van der Waals surface area (Å²) in [6, 6.07) is 9.35. The highest BCUT2D eigenvalue weighted by atomic mass is 35.5. The van der Waals surface area contributed by atoms with Gasteiger partial charge in [-0.15, -0.1) is 0 Å². The second kappa shape index (κ2) is 8.68. The van der Waals surface area contributed by atoms with Gasteiger partial charge in [-0.2, -0.15) is 0 Å². The number of aromatic nitrogens is 1. The van der Waals surface area contributed by atoms with Crippen LogP contribution in [0.15, 0.2) is 58.9 Å². The Balaban J connectivity index is 1.88. The SMILES string of the molecule is CC1=C(C(=O)Nc2cccc(C)n2)[C@@H](c2cc([N+](=O)[O-])ccc2Cl)C2=C(CC(C)(C)CC2=O)N1. The highest BCUT2D eigenvalue weighted by molar-refractivity contribution is 6.31. The standard InChI is InChI=1S/C25H25ClN4O4/c1-13-6-5-7-20(27-13)29-24(32)21-14(2)28-18-11-25(3,4)12-19(31)23(18)22(21)16-10-15(30(33)34)8-9-17(16)26/h5-10,22,28H,11-12H2,1-4H3,(H,27,29,32)/t22-/m1/s1. The molecule has 0 saturated heterocycles. The van der Waals surface area contributed by atoms with Crippen molar-refractivity contribution in [1.82, 2.24) is 10.3 Å². The molecule has 176 valence electrons. The van der Waals surface area contributed by atoms with Crippen molar-refractivity contribution in [2.24, 2.45) is 5.41 Å². The summed E-state index contributed by atoms with van der Waals surface area (Å²) in [7, 11) is 0. The Morgan fingerprint density at radius 1 is 1.24 bits per heavy atom. The van der Waals surface area contributed by atoms with Crippen LogP contribution in [0.3, 0.4) is 0 Å². The molecule has 9 heteroatoms. The molecule has 0 bridgehead atoms. The van der Waals surface area contributed by atoms with Crippen LogP contribution >= 0.6 is 11.6 Å². The Morgan fingerprint density at radius 3 is 2.65 bits per heavy atom. The minimum atomic E-state index is -0.850. The summed E-state index contributed by atoms with van der Waals surface area (Å²) in [5.74, 6) is -1.06. The van der Waals surface area contributed by atoms with Gasteiger partial charge in [0.1, 0.15) is 5.82 Å². The number of amides is 1. The fourth-order valence-corrected chi connectivity index (χ4v) is 4.94. The van der Waals surface area contributed by atoms with Gasteiger partial charge in [0.25, 0.3) is 11.6 Å². The molecular formula is C25H25ClN4O4. The first-order chi connectivity index (χ1) is 16.0. The summed E-state index contributed by atoms with van der Waals surface area (Å²) >= 11 is 6.52. The largest absolute Gasteiger partial charge is 0.362 e. The van der Waals surface area contributed by atoms with Crippen molar-refractivity contribution in [1.29, 1.82) is 0 Å². The zero-order valence-electron chi connectivity index (χ0n) is 19.4. The van der Waals surface area contributed by atoms with Crippen LogP contribution in [0.4, 0.5) is 11.5 Å². The molecule has 1 amide bonds. The lowest BCUT2D eigenvalue weighted by Gasteiger charge is -2.39. The van der Waals surface area contributed by atoms with Crippen LogP contribution in [-0.2, 0) is 9.59 Å². The van der Waals surface area contributed by atoms with Crippen molar-refractivity contribution in [3.8, 4) is 0 Å². The normalized spacial score (nSPS) is 19.4. The molecule has 34 heavy (non-hydrogen) atoms. The Labute approximate surface area is 202 Å². The monoisotopic (exact) mass is 480 g/mol. The first kappa shape index (κ1) is 23.6. The van der Waals surface area contributed by atoms with Gasteiger partial charge in [-0.25, -0.2) is 4.98 Å². The van der Waals surface area contributed by atoms with Crippen molar-refractivity contribution < 1.29 is 14.5 Å². The van der Waals surface area contributed by atoms with Crippen molar-refractivity contribution in [3.63, 3.8) is 0 Å². The summed E-state index contributed by atoms with van der Waals surface area (Å²) in [6.07, 6.45) is 0.896. The van der Waals surface area contributed by atoms with E-state index in [1.54, 1.807) is 19.1 Å². The van der Waals surface area contributed by atoms with E-state index in [0.29, 0.717) is 35.5 Å². The Morgan fingerprint density at radius 2 is 1.97 bits per heavy atom. The number of benzene rings is 1.